The molecule has 8 atom stereocenters. The maximum atomic E-state index is 13.7. The van der Waals surface area contributed by atoms with Crippen molar-refractivity contribution in [1.82, 2.24) is 10.2 Å². The van der Waals surface area contributed by atoms with Crippen LogP contribution in [0.4, 0.5) is 18.0 Å². The first-order valence-corrected chi connectivity index (χ1v) is 15.0. The van der Waals surface area contributed by atoms with Crippen molar-refractivity contribution in [3.8, 4) is 11.5 Å². The Morgan fingerprint density at radius 2 is 1.79 bits per heavy atom. The Morgan fingerprint density at radius 3 is 2.53 bits per heavy atom. The summed E-state index contributed by atoms with van der Waals surface area (Å²) >= 11 is 0. The summed E-state index contributed by atoms with van der Waals surface area (Å²) in [5, 5.41) is 3.03. The molecule has 6 rings (SSSR count). The fourth-order valence-corrected chi connectivity index (χ4v) is 7.55. The Balaban J connectivity index is 1.30. The minimum atomic E-state index is -4.90. The standard InChI is InChI=1S/C33H37F3N2O5/c1-19(23-14-8-11-20-9-4-6-12-24(20)23)37-31(40)41-29-28(38-18-21-10-5-7-13-25(21)30(38)39)26-17-22(42-33(34,35)36)15-16-27(26)43-32(29,2)3/h4-7,9-10,12-13,15-17,19-21,23-25,28-29H,8,11,14,18H2,1-3H3,(H,37,40)/t19-,20?,21?,23?,24?,25?,28-,29+/m0/s1. The second kappa shape index (κ2) is 11.1. The van der Waals surface area contributed by atoms with Crippen molar-refractivity contribution in [1.29, 1.82) is 0 Å². The highest BCUT2D eigenvalue weighted by Gasteiger charge is 2.54. The van der Waals surface area contributed by atoms with E-state index in [0.717, 1.165) is 19.3 Å². The Labute approximate surface area is 249 Å². The van der Waals surface area contributed by atoms with E-state index in [2.05, 4.69) is 34.4 Å². The molecular weight excluding hydrogens is 561 g/mol. The minimum Gasteiger partial charge on any atom is -0.484 e. The van der Waals surface area contributed by atoms with Gasteiger partial charge in [-0.1, -0.05) is 55.0 Å². The van der Waals surface area contributed by atoms with Crippen LogP contribution in [-0.4, -0.2) is 47.6 Å². The number of nitrogens with zero attached hydrogens (tertiary/aromatic N) is 1. The topological polar surface area (TPSA) is 77.1 Å². The summed E-state index contributed by atoms with van der Waals surface area (Å²) in [6, 6.07) is 2.72. The number of carbonyl (C=O) groups excluding carboxylic acids is 2. The van der Waals surface area contributed by atoms with Gasteiger partial charge < -0.3 is 24.4 Å². The third-order valence-corrected chi connectivity index (χ3v) is 9.53. The van der Waals surface area contributed by atoms with Crippen molar-refractivity contribution in [2.75, 3.05) is 6.54 Å². The van der Waals surface area contributed by atoms with Crippen LogP contribution >= 0.6 is 0 Å². The van der Waals surface area contributed by atoms with Gasteiger partial charge in [-0.3, -0.25) is 4.79 Å². The fourth-order valence-electron chi connectivity index (χ4n) is 7.55. The highest BCUT2D eigenvalue weighted by Crippen LogP contribution is 2.49. The highest BCUT2D eigenvalue weighted by atomic mass is 19.4. The predicted molar refractivity (Wildman–Crippen MR) is 153 cm³/mol. The van der Waals surface area contributed by atoms with Crippen molar-refractivity contribution in [2.24, 2.45) is 29.6 Å². The molecule has 0 radical (unpaired) electrons. The summed E-state index contributed by atoms with van der Waals surface area (Å²) in [6.45, 7) is 5.80. The number of carbonyl (C=O) groups is 2. The number of hydrogen-bond donors (Lipinski definition) is 1. The van der Waals surface area contributed by atoms with Crippen LogP contribution in [0.2, 0.25) is 0 Å². The lowest BCUT2D eigenvalue weighted by Gasteiger charge is -2.47. The summed E-state index contributed by atoms with van der Waals surface area (Å²) in [5.74, 6) is 0.156. The average Bonchev–Trinajstić information content (AvgIpc) is 3.28. The Hall–Kier alpha value is -3.69. The molecule has 2 fully saturated rings. The summed E-state index contributed by atoms with van der Waals surface area (Å²) in [4.78, 5) is 28.9. The van der Waals surface area contributed by atoms with Crippen LogP contribution in [0.15, 0.2) is 66.8 Å². The van der Waals surface area contributed by atoms with Gasteiger partial charge in [-0.05, 0) is 69.6 Å². The largest absolute Gasteiger partial charge is 0.573 e. The van der Waals surface area contributed by atoms with Crippen LogP contribution < -0.4 is 14.8 Å². The van der Waals surface area contributed by atoms with E-state index in [0.29, 0.717) is 29.7 Å². The van der Waals surface area contributed by atoms with Crippen molar-refractivity contribution < 1.29 is 37.0 Å². The lowest BCUT2D eigenvalue weighted by Crippen LogP contribution is -2.57. The van der Waals surface area contributed by atoms with E-state index >= 15 is 0 Å². The number of nitrogens with one attached hydrogen (secondary N) is 1. The summed E-state index contributed by atoms with van der Waals surface area (Å²) in [6.07, 6.45) is 12.6. The normalized spacial score (nSPS) is 32.7. The van der Waals surface area contributed by atoms with Crippen LogP contribution in [0, 0.1) is 29.6 Å². The first-order chi connectivity index (χ1) is 20.4. The molecule has 1 N–H and O–H groups in total. The van der Waals surface area contributed by atoms with E-state index in [1.807, 2.05) is 31.2 Å². The molecular formula is C33H37F3N2O5. The molecule has 1 aromatic carbocycles. The monoisotopic (exact) mass is 598 g/mol. The van der Waals surface area contributed by atoms with Gasteiger partial charge in [0.05, 0.1) is 5.92 Å². The molecule has 5 unspecified atom stereocenters. The molecule has 1 aromatic rings. The molecule has 10 heteroatoms. The molecule has 0 aromatic heterocycles. The molecule has 0 spiro atoms. The van der Waals surface area contributed by atoms with Gasteiger partial charge in [0.1, 0.15) is 23.1 Å². The summed E-state index contributed by atoms with van der Waals surface area (Å²) in [7, 11) is 0. The van der Waals surface area contributed by atoms with Crippen LogP contribution in [0.3, 0.4) is 0 Å². The van der Waals surface area contributed by atoms with Crippen molar-refractivity contribution in [2.45, 2.75) is 70.2 Å². The molecule has 2 heterocycles. The lowest BCUT2D eigenvalue weighted by molar-refractivity contribution is -0.274. The first kappa shape index (κ1) is 29.4. The average molecular weight is 599 g/mol. The smallest absolute Gasteiger partial charge is 0.484 e. The number of benzene rings is 1. The molecule has 5 aliphatic rings. The summed E-state index contributed by atoms with van der Waals surface area (Å²) in [5.41, 5.74) is -0.821. The first-order valence-electron chi connectivity index (χ1n) is 15.0. The number of likely N-dealkylation sites (tertiary alicyclic amines) is 1. The van der Waals surface area contributed by atoms with Crippen LogP contribution in [0.25, 0.3) is 0 Å². The maximum Gasteiger partial charge on any atom is 0.573 e. The zero-order valence-electron chi connectivity index (χ0n) is 24.4. The molecule has 3 aliphatic carbocycles. The number of hydrogen-bond acceptors (Lipinski definition) is 5. The molecule has 7 nitrogen and oxygen atoms in total. The van der Waals surface area contributed by atoms with Crippen molar-refractivity contribution in [3.63, 3.8) is 0 Å². The second-order valence-corrected chi connectivity index (χ2v) is 12.7. The molecule has 230 valence electrons. The molecule has 43 heavy (non-hydrogen) atoms. The van der Waals surface area contributed by atoms with E-state index in [1.54, 1.807) is 18.7 Å². The Bertz CT molecular complexity index is 1380. The number of alkyl carbamates (subject to hydrolysis) is 1. The zero-order chi connectivity index (χ0) is 30.5. The van der Waals surface area contributed by atoms with Gasteiger partial charge in [-0.2, -0.15) is 0 Å². The van der Waals surface area contributed by atoms with Gasteiger partial charge in [0.2, 0.25) is 5.91 Å². The Kier molecular flexibility index (Phi) is 7.59. The van der Waals surface area contributed by atoms with Gasteiger partial charge in [0.25, 0.3) is 0 Å². The van der Waals surface area contributed by atoms with Crippen LogP contribution in [0.5, 0.6) is 11.5 Å². The van der Waals surface area contributed by atoms with Gasteiger partial charge in [0, 0.05) is 24.1 Å². The second-order valence-electron chi connectivity index (χ2n) is 12.7. The number of ether oxygens (including phenoxy) is 3. The molecule has 0 bridgehead atoms. The van der Waals surface area contributed by atoms with Gasteiger partial charge in [-0.15, -0.1) is 13.2 Å². The molecule has 1 saturated carbocycles. The molecule has 2 amide bonds. The quantitative estimate of drug-likeness (QED) is 0.411. The van der Waals surface area contributed by atoms with E-state index in [4.69, 9.17) is 9.47 Å². The SMILES string of the molecule is C[C@H](NC(=O)O[C@@H]1[C@@H](N2CC3C=CC=CC3C2=O)c2cc(OC(F)(F)F)ccc2OC1(C)C)C1CCCC2C=CC=CC21. The maximum absolute atomic E-state index is 13.7. The third kappa shape index (κ3) is 5.80. The van der Waals surface area contributed by atoms with E-state index in [-0.39, 0.29) is 23.8 Å². The van der Waals surface area contributed by atoms with Crippen molar-refractivity contribution >= 4 is 12.0 Å². The number of amides is 2. The number of halogens is 3. The van der Waals surface area contributed by atoms with Crippen LogP contribution in [-0.2, 0) is 9.53 Å². The summed E-state index contributed by atoms with van der Waals surface area (Å²) < 4.78 is 56.1. The minimum absolute atomic E-state index is 0.104. The molecule has 1 saturated heterocycles. The van der Waals surface area contributed by atoms with E-state index < -0.39 is 41.9 Å². The van der Waals surface area contributed by atoms with Crippen molar-refractivity contribution in [3.05, 3.63) is 72.4 Å². The van der Waals surface area contributed by atoms with Gasteiger partial charge in [0.15, 0.2) is 6.10 Å². The van der Waals surface area contributed by atoms with Gasteiger partial charge >= 0.3 is 12.5 Å². The lowest BCUT2D eigenvalue weighted by atomic mass is 9.68. The number of rotatable bonds is 5. The predicted octanol–water partition coefficient (Wildman–Crippen LogP) is 6.64. The molecule has 2 aliphatic heterocycles. The zero-order valence-corrected chi connectivity index (χ0v) is 24.4. The highest BCUT2D eigenvalue weighted by molar-refractivity contribution is 5.85. The van der Waals surface area contributed by atoms with E-state index in [1.165, 1.54) is 18.2 Å². The third-order valence-electron chi connectivity index (χ3n) is 9.53. The van der Waals surface area contributed by atoms with E-state index in [9.17, 15) is 22.8 Å². The number of alkyl halides is 3. The fraction of sp³-hybridized carbons (Fsp3) is 0.515. The van der Waals surface area contributed by atoms with Crippen LogP contribution in [0.1, 0.15) is 51.6 Å². The Morgan fingerprint density at radius 1 is 1.07 bits per heavy atom. The van der Waals surface area contributed by atoms with Gasteiger partial charge in [-0.25, -0.2) is 4.79 Å². The number of fused-ring (bicyclic) bond motifs is 3. The number of allylic oxidation sites excluding steroid dienone is 6.